The normalized spacial score (nSPS) is 16.7. The van der Waals surface area contributed by atoms with Crippen molar-refractivity contribution in [1.82, 2.24) is 0 Å². The largest absolute Gasteiger partial charge is 0.389 e. The summed E-state index contributed by atoms with van der Waals surface area (Å²) < 4.78 is 0. The molecule has 0 saturated carbocycles. The number of aliphatic hydroxyl groups is 1. The first-order valence-corrected chi connectivity index (χ1v) is 4.86. The van der Waals surface area contributed by atoms with Gasteiger partial charge in [0.15, 0.2) is 0 Å². The van der Waals surface area contributed by atoms with Gasteiger partial charge in [-0.3, -0.25) is 4.99 Å². The second-order valence-corrected chi connectivity index (χ2v) is 4.39. The summed E-state index contributed by atoms with van der Waals surface area (Å²) in [5.74, 6) is 0. The van der Waals surface area contributed by atoms with Gasteiger partial charge in [-0.25, -0.2) is 0 Å². The Kier molecular flexibility index (Phi) is 4.78. The van der Waals surface area contributed by atoms with E-state index in [2.05, 4.69) is 32.5 Å². The van der Waals surface area contributed by atoms with Crippen LogP contribution >= 0.6 is 0 Å². The Hall–Kier alpha value is -0.890. The predicted molar refractivity (Wildman–Crippen MR) is 62.5 cm³/mol. The molecule has 0 spiro atoms. The third-order valence-electron chi connectivity index (χ3n) is 1.94. The maximum Gasteiger partial charge on any atom is 0.0779 e. The first kappa shape index (κ1) is 13.1. The van der Waals surface area contributed by atoms with Crippen molar-refractivity contribution in [2.75, 3.05) is 0 Å². The van der Waals surface area contributed by atoms with E-state index in [1.54, 1.807) is 6.92 Å². The third kappa shape index (κ3) is 3.46. The number of nitrogens with zero attached hydrogens (tertiary/aromatic N) is 1. The van der Waals surface area contributed by atoms with Crippen LogP contribution in [-0.4, -0.2) is 17.9 Å². The third-order valence-corrected chi connectivity index (χ3v) is 1.94. The number of aliphatic hydroxyl groups excluding tert-OH is 1. The van der Waals surface area contributed by atoms with E-state index in [0.717, 1.165) is 11.3 Å². The van der Waals surface area contributed by atoms with Crippen molar-refractivity contribution in [3.05, 3.63) is 23.4 Å². The van der Waals surface area contributed by atoms with E-state index in [-0.39, 0.29) is 5.41 Å². The molecule has 0 aliphatic carbocycles. The lowest BCUT2D eigenvalue weighted by molar-refractivity contribution is 0.231. The Balaban J connectivity index is 5.42. The van der Waals surface area contributed by atoms with Crippen LogP contribution < -0.4 is 0 Å². The van der Waals surface area contributed by atoms with E-state index in [9.17, 15) is 5.11 Å². The zero-order chi connectivity index (χ0) is 11.4. The number of aliphatic imine (C=N–C) groups is 1. The molecule has 0 fully saturated rings. The summed E-state index contributed by atoms with van der Waals surface area (Å²) in [5.41, 5.74) is 1.61. The van der Waals surface area contributed by atoms with Crippen LogP contribution in [0.3, 0.4) is 0 Å². The number of hydrogen-bond donors (Lipinski definition) is 1. The molecule has 2 heteroatoms. The molecule has 0 aliphatic heterocycles. The zero-order valence-corrected chi connectivity index (χ0v) is 9.83. The molecule has 0 aromatic heterocycles. The highest BCUT2D eigenvalue weighted by atomic mass is 16.3. The summed E-state index contributed by atoms with van der Waals surface area (Å²) in [6, 6.07) is 0. The van der Waals surface area contributed by atoms with E-state index in [0.29, 0.717) is 0 Å². The van der Waals surface area contributed by atoms with Crippen molar-refractivity contribution < 1.29 is 5.11 Å². The minimum Gasteiger partial charge on any atom is -0.389 e. The van der Waals surface area contributed by atoms with Crippen LogP contribution in [0, 0.1) is 5.41 Å². The summed E-state index contributed by atoms with van der Waals surface area (Å²) in [5, 5.41) is 9.61. The lowest BCUT2D eigenvalue weighted by atomic mass is 9.87. The van der Waals surface area contributed by atoms with E-state index in [4.69, 9.17) is 0 Å². The van der Waals surface area contributed by atoms with Crippen LogP contribution in [0.2, 0.25) is 0 Å². The minimum atomic E-state index is -0.508. The first-order chi connectivity index (χ1) is 6.34. The van der Waals surface area contributed by atoms with Crippen LogP contribution in [0.1, 0.15) is 34.6 Å². The highest BCUT2D eigenvalue weighted by Crippen LogP contribution is 2.30. The first-order valence-electron chi connectivity index (χ1n) is 4.86. The predicted octanol–water partition coefficient (Wildman–Crippen LogP) is 2.94. The smallest absolute Gasteiger partial charge is 0.0779 e. The molecule has 0 rings (SSSR count). The molecule has 0 heterocycles. The van der Waals surface area contributed by atoms with Gasteiger partial charge in [0.05, 0.1) is 11.8 Å². The molecular formula is C12H21NO. The van der Waals surface area contributed by atoms with Crippen molar-refractivity contribution in [1.29, 1.82) is 0 Å². The summed E-state index contributed by atoms with van der Waals surface area (Å²) >= 11 is 0. The van der Waals surface area contributed by atoms with Crippen LogP contribution in [0.5, 0.6) is 0 Å². The lowest BCUT2D eigenvalue weighted by Gasteiger charge is -2.23. The van der Waals surface area contributed by atoms with Crippen LogP contribution in [0.4, 0.5) is 0 Å². The minimum absolute atomic E-state index is 0.0897. The van der Waals surface area contributed by atoms with Crippen molar-refractivity contribution in [3.63, 3.8) is 0 Å². The van der Waals surface area contributed by atoms with Gasteiger partial charge in [-0.05, 0) is 20.6 Å². The van der Waals surface area contributed by atoms with Crippen LogP contribution in [0.15, 0.2) is 28.4 Å². The maximum atomic E-state index is 9.61. The van der Waals surface area contributed by atoms with E-state index in [1.807, 2.05) is 19.1 Å². The fraction of sp³-hybridized carbons (Fsp3) is 0.583. The van der Waals surface area contributed by atoms with E-state index in [1.165, 1.54) is 0 Å². The Bertz CT molecular complexity index is 254. The quantitative estimate of drug-likeness (QED) is 0.545. The molecule has 2 nitrogen and oxygen atoms in total. The highest BCUT2D eigenvalue weighted by Gasteiger charge is 2.21. The molecule has 80 valence electrons. The molecule has 0 radical (unpaired) electrons. The van der Waals surface area contributed by atoms with Gasteiger partial charge in [-0.1, -0.05) is 32.9 Å². The van der Waals surface area contributed by atoms with Gasteiger partial charge in [-0.15, -0.1) is 0 Å². The summed E-state index contributed by atoms with van der Waals surface area (Å²) in [7, 11) is 0. The number of rotatable bonds is 3. The van der Waals surface area contributed by atoms with Gasteiger partial charge in [-0.2, -0.15) is 0 Å². The fourth-order valence-corrected chi connectivity index (χ4v) is 1.36. The molecule has 1 N–H and O–H groups in total. The molecule has 0 aromatic rings. The van der Waals surface area contributed by atoms with Gasteiger partial charge in [0.1, 0.15) is 0 Å². The average molecular weight is 195 g/mol. The Morgan fingerprint density at radius 3 is 2.14 bits per heavy atom. The number of hydrogen-bond acceptors (Lipinski definition) is 2. The molecule has 0 aromatic carbocycles. The summed E-state index contributed by atoms with van der Waals surface area (Å²) in [6.45, 7) is 13.4. The van der Waals surface area contributed by atoms with E-state index >= 15 is 0 Å². The molecule has 0 saturated heterocycles. The van der Waals surface area contributed by atoms with Crippen molar-refractivity contribution in [2.45, 2.75) is 40.7 Å². The Labute approximate surface area is 87.1 Å². The van der Waals surface area contributed by atoms with E-state index < -0.39 is 6.10 Å². The van der Waals surface area contributed by atoms with Gasteiger partial charge >= 0.3 is 0 Å². The highest BCUT2D eigenvalue weighted by molar-refractivity contribution is 5.38. The lowest BCUT2D eigenvalue weighted by Crippen LogP contribution is -2.15. The van der Waals surface area contributed by atoms with Crippen molar-refractivity contribution >= 4 is 6.72 Å². The Morgan fingerprint density at radius 1 is 1.43 bits per heavy atom. The van der Waals surface area contributed by atoms with Crippen molar-refractivity contribution in [2.24, 2.45) is 10.4 Å². The molecule has 14 heavy (non-hydrogen) atoms. The molecule has 0 bridgehead atoms. The molecule has 0 aliphatic rings. The van der Waals surface area contributed by atoms with Crippen LogP contribution in [-0.2, 0) is 0 Å². The molecule has 1 unspecified atom stereocenters. The SMILES string of the molecule is C=N/C(=C(\C=C/C)C(C)O)C(C)(C)C. The zero-order valence-electron chi connectivity index (χ0n) is 9.83. The molecule has 1 atom stereocenters. The van der Waals surface area contributed by atoms with Gasteiger partial charge in [0, 0.05) is 11.0 Å². The number of allylic oxidation sites excluding steroid dienone is 2. The summed E-state index contributed by atoms with van der Waals surface area (Å²) in [6.07, 6.45) is 3.28. The van der Waals surface area contributed by atoms with Gasteiger partial charge in [0.2, 0.25) is 0 Å². The van der Waals surface area contributed by atoms with Gasteiger partial charge < -0.3 is 5.11 Å². The molecule has 0 amide bonds. The average Bonchev–Trinajstić information content (AvgIpc) is 2.01. The van der Waals surface area contributed by atoms with Crippen molar-refractivity contribution in [3.8, 4) is 0 Å². The standard InChI is InChI=1S/C12H21NO/c1-7-8-10(9(2)14)11(13-6)12(3,4)5/h7-9,14H,6H2,1-5H3/b8-7-,11-10+. The van der Waals surface area contributed by atoms with Crippen LogP contribution in [0.25, 0.3) is 0 Å². The Morgan fingerprint density at radius 2 is 1.93 bits per heavy atom. The molecular weight excluding hydrogens is 174 g/mol. The topological polar surface area (TPSA) is 32.6 Å². The monoisotopic (exact) mass is 195 g/mol. The second kappa shape index (κ2) is 5.11. The summed E-state index contributed by atoms with van der Waals surface area (Å²) in [4.78, 5) is 4.02. The van der Waals surface area contributed by atoms with Gasteiger partial charge in [0.25, 0.3) is 0 Å². The second-order valence-electron chi connectivity index (χ2n) is 4.39. The maximum absolute atomic E-state index is 9.61. The fourth-order valence-electron chi connectivity index (χ4n) is 1.36.